The number of nitrogens with zero attached hydrogens (tertiary/aromatic N) is 1. The molecule has 4 heteroatoms. The molecular weight excluding hydrogens is 230 g/mol. The summed E-state index contributed by atoms with van der Waals surface area (Å²) in [6, 6.07) is 12.1. The first-order chi connectivity index (χ1) is 8.20. The molecule has 0 aliphatic carbocycles. The first kappa shape index (κ1) is 11.5. The van der Waals surface area contributed by atoms with Crippen LogP contribution in [0.2, 0.25) is 0 Å². The lowest BCUT2D eigenvalue weighted by Crippen LogP contribution is -1.99. The molecule has 0 bridgehead atoms. The molecule has 2 rings (SSSR count). The van der Waals surface area contributed by atoms with E-state index < -0.39 is 0 Å². The number of rotatable bonds is 3. The van der Waals surface area contributed by atoms with Gasteiger partial charge in [0.25, 0.3) is 0 Å². The first-order valence-electron chi connectivity index (χ1n) is 5.28. The summed E-state index contributed by atoms with van der Waals surface area (Å²) in [6.45, 7) is 2.83. The van der Waals surface area contributed by atoms with E-state index in [9.17, 15) is 0 Å². The monoisotopic (exact) mass is 243 g/mol. The maximum Gasteiger partial charge on any atom is 0.129 e. The van der Waals surface area contributed by atoms with Crippen molar-refractivity contribution in [1.82, 2.24) is 0 Å². The molecule has 0 fully saturated rings. The number of anilines is 2. The van der Waals surface area contributed by atoms with Crippen LogP contribution in [0.5, 0.6) is 0 Å². The van der Waals surface area contributed by atoms with Gasteiger partial charge in [-0.25, -0.2) is 0 Å². The Bertz CT molecular complexity index is 566. The molecule has 0 aliphatic heterocycles. The Morgan fingerprint density at radius 1 is 1.41 bits per heavy atom. The summed E-state index contributed by atoms with van der Waals surface area (Å²) in [4.78, 5) is 0.567. The zero-order valence-electron chi connectivity index (χ0n) is 9.53. The van der Waals surface area contributed by atoms with E-state index in [2.05, 4.69) is 30.4 Å². The normalized spacial score (nSPS) is 9.88. The van der Waals surface area contributed by atoms with E-state index in [1.807, 2.05) is 18.2 Å². The van der Waals surface area contributed by atoms with Crippen LogP contribution in [0.25, 0.3) is 0 Å². The summed E-state index contributed by atoms with van der Waals surface area (Å²) < 4.78 is 0. The van der Waals surface area contributed by atoms with E-state index in [0.717, 1.165) is 11.5 Å². The van der Waals surface area contributed by atoms with Crippen molar-refractivity contribution in [2.24, 2.45) is 0 Å². The quantitative estimate of drug-likeness (QED) is 0.870. The van der Waals surface area contributed by atoms with E-state index in [4.69, 9.17) is 11.0 Å². The second-order valence-corrected chi connectivity index (χ2v) is 4.84. The van der Waals surface area contributed by atoms with Crippen LogP contribution in [-0.4, -0.2) is 0 Å². The van der Waals surface area contributed by atoms with Crippen molar-refractivity contribution in [2.45, 2.75) is 13.5 Å². The number of nitrogens with two attached hydrogens (primary N) is 1. The first-order valence-corrected chi connectivity index (χ1v) is 6.10. The Balaban J connectivity index is 2.08. The number of hydrogen-bond acceptors (Lipinski definition) is 4. The Hall–Kier alpha value is -1.99. The summed E-state index contributed by atoms with van der Waals surface area (Å²) in [5.41, 5.74) is 8.75. The summed E-state index contributed by atoms with van der Waals surface area (Å²) >= 11 is 1.39. The zero-order valence-corrected chi connectivity index (χ0v) is 10.3. The zero-order chi connectivity index (χ0) is 12.3. The van der Waals surface area contributed by atoms with Gasteiger partial charge in [0.1, 0.15) is 10.9 Å². The topological polar surface area (TPSA) is 61.8 Å². The van der Waals surface area contributed by atoms with Crippen molar-refractivity contribution in [3.8, 4) is 6.07 Å². The molecule has 0 unspecified atom stereocenters. The van der Waals surface area contributed by atoms with Crippen LogP contribution in [0.4, 0.5) is 10.7 Å². The summed E-state index contributed by atoms with van der Waals surface area (Å²) in [7, 11) is 0. The van der Waals surface area contributed by atoms with Crippen LogP contribution in [0, 0.1) is 18.3 Å². The predicted molar refractivity (Wildman–Crippen MR) is 72.0 cm³/mol. The van der Waals surface area contributed by atoms with Gasteiger partial charge in [-0.2, -0.15) is 5.26 Å². The number of hydrogen-bond donors (Lipinski definition) is 2. The maximum absolute atomic E-state index is 8.81. The lowest BCUT2D eigenvalue weighted by Gasteiger charge is -2.06. The Morgan fingerprint density at radius 2 is 2.18 bits per heavy atom. The average molecular weight is 243 g/mol. The fourth-order valence-corrected chi connectivity index (χ4v) is 2.34. The molecule has 1 aromatic heterocycles. The van der Waals surface area contributed by atoms with Crippen LogP contribution in [0.15, 0.2) is 30.3 Å². The highest BCUT2D eigenvalue weighted by Gasteiger charge is 2.05. The van der Waals surface area contributed by atoms with Gasteiger partial charge in [-0.3, -0.25) is 0 Å². The number of nitrogens with one attached hydrogen (secondary N) is 1. The van der Waals surface area contributed by atoms with Gasteiger partial charge in [0.2, 0.25) is 0 Å². The van der Waals surface area contributed by atoms with Crippen LogP contribution in [0.1, 0.15) is 16.0 Å². The molecule has 0 saturated heterocycles. The molecule has 0 aliphatic rings. The molecule has 3 N–H and O–H groups in total. The molecule has 0 amide bonds. The lowest BCUT2D eigenvalue weighted by molar-refractivity contribution is 1.13. The van der Waals surface area contributed by atoms with Gasteiger partial charge in [0.05, 0.1) is 10.7 Å². The van der Waals surface area contributed by atoms with E-state index >= 15 is 0 Å². The second-order valence-electron chi connectivity index (χ2n) is 3.79. The summed E-state index contributed by atoms with van der Waals surface area (Å²) in [6.07, 6.45) is 0. The van der Waals surface area contributed by atoms with Gasteiger partial charge in [-0.1, -0.05) is 24.3 Å². The van der Waals surface area contributed by atoms with Gasteiger partial charge >= 0.3 is 0 Å². The number of nitrogen functional groups attached to an aromatic ring is 1. The molecule has 0 radical (unpaired) electrons. The molecule has 1 aromatic carbocycles. The van der Waals surface area contributed by atoms with E-state index in [1.165, 1.54) is 22.5 Å². The van der Waals surface area contributed by atoms with Gasteiger partial charge in [0, 0.05) is 6.54 Å². The molecule has 0 atom stereocenters. The highest BCUT2D eigenvalue weighted by atomic mass is 32.1. The number of nitriles is 1. The second kappa shape index (κ2) is 4.89. The SMILES string of the molecule is Cc1ccccc1CNc1cc(N)c(C#N)s1. The Labute approximate surface area is 105 Å². The van der Waals surface area contributed by atoms with Gasteiger partial charge in [-0.15, -0.1) is 11.3 Å². The van der Waals surface area contributed by atoms with Crippen LogP contribution < -0.4 is 11.1 Å². The smallest absolute Gasteiger partial charge is 0.129 e. The molecule has 1 heterocycles. The highest BCUT2D eigenvalue weighted by molar-refractivity contribution is 7.17. The van der Waals surface area contributed by atoms with Crippen molar-refractivity contribution >= 4 is 22.0 Å². The Kier molecular flexibility index (Phi) is 3.31. The average Bonchev–Trinajstić information content (AvgIpc) is 2.69. The van der Waals surface area contributed by atoms with E-state index in [1.54, 1.807) is 0 Å². The minimum Gasteiger partial charge on any atom is -0.397 e. The minimum atomic E-state index is 0.546. The van der Waals surface area contributed by atoms with Crippen molar-refractivity contribution in [2.75, 3.05) is 11.1 Å². The van der Waals surface area contributed by atoms with Crippen molar-refractivity contribution in [3.63, 3.8) is 0 Å². The molecule has 0 spiro atoms. The van der Waals surface area contributed by atoms with Gasteiger partial charge < -0.3 is 11.1 Å². The maximum atomic E-state index is 8.81. The molecular formula is C13H13N3S. The van der Waals surface area contributed by atoms with Crippen molar-refractivity contribution < 1.29 is 0 Å². The molecule has 86 valence electrons. The van der Waals surface area contributed by atoms with Crippen molar-refractivity contribution in [1.29, 1.82) is 5.26 Å². The van der Waals surface area contributed by atoms with Crippen LogP contribution in [0.3, 0.4) is 0 Å². The van der Waals surface area contributed by atoms with Crippen LogP contribution in [-0.2, 0) is 6.54 Å². The largest absolute Gasteiger partial charge is 0.397 e. The van der Waals surface area contributed by atoms with Gasteiger partial charge in [-0.05, 0) is 24.1 Å². The third kappa shape index (κ3) is 2.58. The number of aryl methyl sites for hydroxylation is 1. The summed E-state index contributed by atoms with van der Waals surface area (Å²) in [5.74, 6) is 0. The standard InChI is InChI=1S/C13H13N3S/c1-9-4-2-3-5-10(9)8-16-13-6-11(15)12(7-14)17-13/h2-6,16H,8,15H2,1H3. The lowest BCUT2D eigenvalue weighted by atomic mass is 10.1. The number of benzene rings is 1. The molecule has 17 heavy (non-hydrogen) atoms. The fraction of sp³-hybridized carbons (Fsp3) is 0.154. The highest BCUT2D eigenvalue weighted by Crippen LogP contribution is 2.28. The van der Waals surface area contributed by atoms with Gasteiger partial charge in [0.15, 0.2) is 0 Å². The van der Waals surface area contributed by atoms with Crippen molar-refractivity contribution in [3.05, 3.63) is 46.3 Å². The Morgan fingerprint density at radius 3 is 2.82 bits per heavy atom. The van der Waals surface area contributed by atoms with Crippen LogP contribution >= 0.6 is 11.3 Å². The van der Waals surface area contributed by atoms with E-state index in [-0.39, 0.29) is 0 Å². The molecule has 2 aromatic rings. The fourth-order valence-electron chi connectivity index (χ4n) is 1.57. The molecule has 3 nitrogen and oxygen atoms in total. The van der Waals surface area contributed by atoms with E-state index in [0.29, 0.717) is 10.6 Å². The third-order valence-corrected chi connectivity index (χ3v) is 3.59. The summed E-state index contributed by atoms with van der Waals surface area (Å²) in [5, 5.41) is 13.0. The molecule has 0 saturated carbocycles. The minimum absolute atomic E-state index is 0.546. The third-order valence-electron chi connectivity index (χ3n) is 2.58. The number of thiophene rings is 1. The predicted octanol–water partition coefficient (Wildman–Crippen LogP) is 3.12.